The molecule has 0 atom stereocenters. The van der Waals surface area contributed by atoms with Crippen LogP contribution in [0, 0.1) is 0 Å². The van der Waals surface area contributed by atoms with E-state index in [1.165, 1.54) is 18.2 Å². The SMILES string of the molecule is CC(C)S(=O)(=O)c1ccc(Nc2ccc(C(F)(F)F)cn2)c(-c2cn(C)cn2)c1. The molecule has 0 aliphatic heterocycles. The van der Waals surface area contributed by atoms with Crippen molar-refractivity contribution in [3.8, 4) is 11.3 Å². The molecule has 154 valence electrons. The van der Waals surface area contributed by atoms with Crippen molar-refractivity contribution in [1.29, 1.82) is 0 Å². The van der Waals surface area contributed by atoms with E-state index >= 15 is 0 Å². The Labute approximate surface area is 166 Å². The normalized spacial score (nSPS) is 12.4. The molecule has 6 nitrogen and oxygen atoms in total. The summed E-state index contributed by atoms with van der Waals surface area (Å²) in [6.07, 6.45) is -0.455. The van der Waals surface area contributed by atoms with Gasteiger partial charge in [0, 0.05) is 30.7 Å². The summed E-state index contributed by atoms with van der Waals surface area (Å²) in [5.74, 6) is 0.189. The minimum atomic E-state index is -4.47. The molecule has 3 aromatic rings. The quantitative estimate of drug-likeness (QED) is 0.656. The predicted octanol–water partition coefficient (Wildman–Crippen LogP) is 4.43. The molecule has 0 aliphatic rings. The Balaban J connectivity index is 2.04. The minimum Gasteiger partial charge on any atom is -0.340 e. The standard InChI is InChI=1S/C19H19F3N4O2S/c1-12(2)29(27,28)14-5-6-16(15(8-14)17-10-26(3)11-24-17)25-18-7-4-13(9-23-18)19(20,21)22/h4-12H,1-3H3,(H,23,25). The van der Waals surface area contributed by atoms with Crippen molar-refractivity contribution < 1.29 is 21.6 Å². The van der Waals surface area contributed by atoms with Crippen LogP contribution in [-0.4, -0.2) is 28.2 Å². The molecule has 0 saturated carbocycles. The Morgan fingerprint density at radius 1 is 1.10 bits per heavy atom. The Morgan fingerprint density at radius 3 is 2.34 bits per heavy atom. The average Bonchev–Trinajstić information content (AvgIpc) is 3.07. The third kappa shape index (κ3) is 4.42. The van der Waals surface area contributed by atoms with Gasteiger partial charge in [-0.3, -0.25) is 0 Å². The third-order valence-electron chi connectivity index (χ3n) is 4.27. The van der Waals surface area contributed by atoms with Gasteiger partial charge in [-0.25, -0.2) is 18.4 Å². The average molecular weight is 424 g/mol. The van der Waals surface area contributed by atoms with E-state index in [-0.39, 0.29) is 10.7 Å². The van der Waals surface area contributed by atoms with Crippen molar-refractivity contribution in [2.45, 2.75) is 30.2 Å². The Kier molecular flexibility index (Phi) is 5.40. The van der Waals surface area contributed by atoms with Gasteiger partial charge in [-0.1, -0.05) is 0 Å². The molecular weight excluding hydrogens is 405 g/mol. The van der Waals surface area contributed by atoms with Gasteiger partial charge in [-0.05, 0) is 44.2 Å². The molecule has 1 aromatic carbocycles. The van der Waals surface area contributed by atoms with Crippen molar-refractivity contribution >= 4 is 21.3 Å². The van der Waals surface area contributed by atoms with Crippen LogP contribution in [0.4, 0.5) is 24.7 Å². The van der Waals surface area contributed by atoms with Crippen molar-refractivity contribution in [3.63, 3.8) is 0 Å². The fraction of sp³-hybridized carbons (Fsp3) is 0.263. The van der Waals surface area contributed by atoms with Gasteiger partial charge in [-0.2, -0.15) is 13.2 Å². The second-order valence-electron chi connectivity index (χ2n) is 6.78. The summed E-state index contributed by atoms with van der Waals surface area (Å²) >= 11 is 0. The predicted molar refractivity (Wildman–Crippen MR) is 103 cm³/mol. The van der Waals surface area contributed by atoms with Gasteiger partial charge in [0.05, 0.1) is 27.7 Å². The van der Waals surface area contributed by atoms with Crippen LogP contribution in [0.3, 0.4) is 0 Å². The molecule has 0 amide bonds. The molecule has 0 fully saturated rings. The lowest BCUT2D eigenvalue weighted by Crippen LogP contribution is -2.14. The van der Waals surface area contributed by atoms with Crippen LogP contribution in [0.25, 0.3) is 11.3 Å². The molecule has 0 aliphatic carbocycles. The summed E-state index contributed by atoms with van der Waals surface area (Å²) in [4.78, 5) is 8.20. The molecule has 0 unspecified atom stereocenters. The first-order valence-electron chi connectivity index (χ1n) is 8.65. The number of hydrogen-bond acceptors (Lipinski definition) is 5. The van der Waals surface area contributed by atoms with Gasteiger partial charge in [0.25, 0.3) is 0 Å². The van der Waals surface area contributed by atoms with E-state index in [1.54, 1.807) is 44.1 Å². The van der Waals surface area contributed by atoms with Crippen molar-refractivity contribution in [1.82, 2.24) is 14.5 Å². The number of hydrogen-bond donors (Lipinski definition) is 1. The molecule has 29 heavy (non-hydrogen) atoms. The first-order chi connectivity index (χ1) is 13.5. The van der Waals surface area contributed by atoms with E-state index in [1.807, 2.05) is 0 Å². The number of rotatable bonds is 5. The number of halogens is 3. The van der Waals surface area contributed by atoms with E-state index in [4.69, 9.17) is 0 Å². The number of aryl methyl sites for hydroxylation is 1. The fourth-order valence-corrected chi connectivity index (χ4v) is 3.70. The van der Waals surface area contributed by atoms with Crippen LogP contribution in [-0.2, 0) is 23.1 Å². The first-order valence-corrected chi connectivity index (χ1v) is 10.2. The molecule has 2 aromatic heterocycles. The van der Waals surface area contributed by atoms with Crippen molar-refractivity contribution in [3.05, 3.63) is 54.6 Å². The lowest BCUT2D eigenvalue weighted by molar-refractivity contribution is -0.137. The highest BCUT2D eigenvalue weighted by Crippen LogP contribution is 2.33. The largest absolute Gasteiger partial charge is 0.417 e. The van der Waals surface area contributed by atoms with E-state index in [0.29, 0.717) is 16.9 Å². The van der Waals surface area contributed by atoms with E-state index in [0.717, 1.165) is 12.3 Å². The highest BCUT2D eigenvalue weighted by atomic mass is 32.2. The number of pyridine rings is 1. The number of sulfone groups is 1. The van der Waals surface area contributed by atoms with Gasteiger partial charge < -0.3 is 9.88 Å². The van der Waals surface area contributed by atoms with E-state index in [2.05, 4.69) is 15.3 Å². The second-order valence-corrected chi connectivity index (χ2v) is 9.28. The number of imidazole rings is 1. The number of nitrogens with one attached hydrogen (secondary N) is 1. The summed E-state index contributed by atoms with van der Waals surface area (Å²) in [6.45, 7) is 3.18. The molecule has 10 heteroatoms. The topological polar surface area (TPSA) is 76.9 Å². The Hall–Kier alpha value is -2.88. The van der Waals surface area contributed by atoms with Crippen LogP contribution in [0.2, 0.25) is 0 Å². The Bertz CT molecular complexity index is 1120. The minimum absolute atomic E-state index is 0.138. The molecule has 0 bridgehead atoms. The lowest BCUT2D eigenvalue weighted by atomic mass is 10.1. The molecular formula is C19H19F3N4O2S. The van der Waals surface area contributed by atoms with Crippen LogP contribution in [0.5, 0.6) is 0 Å². The molecule has 0 radical (unpaired) electrons. The van der Waals surface area contributed by atoms with Crippen LogP contribution in [0.15, 0.2) is 53.9 Å². The van der Waals surface area contributed by atoms with Crippen molar-refractivity contribution in [2.75, 3.05) is 5.32 Å². The zero-order chi connectivity index (χ0) is 21.4. The van der Waals surface area contributed by atoms with E-state index < -0.39 is 26.8 Å². The highest BCUT2D eigenvalue weighted by Gasteiger charge is 2.30. The third-order valence-corrected chi connectivity index (χ3v) is 6.43. The Morgan fingerprint density at radius 2 is 1.83 bits per heavy atom. The number of nitrogens with zero attached hydrogens (tertiary/aromatic N) is 3. The maximum atomic E-state index is 12.7. The number of benzene rings is 1. The van der Waals surface area contributed by atoms with Gasteiger partial charge in [-0.15, -0.1) is 0 Å². The molecule has 3 rings (SSSR count). The number of alkyl halides is 3. The maximum Gasteiger partial charge on any atom is 0.417 e. The summed E-state index contributed by atoms with van der Waals surface area (Å²) in [7, 11) is -1.74. The van der Waals surface area contributed by atoms with E-state index in [9.17, 15) is 21.6 Å². The highest BCUT2D eigenvalue weighted by molar-refractivity contribution is 7.92. The van der Waals surface area contributed by atoms with Crippen LogP contribution >= 0.6 is 0 Å². The van der Waals surface area contributed by atoms with Gasteiger partial charge in [0.2, 0.25) is 0 Å². The summed E-state index contributed by atoms with van der Waals surface area (Å²) in [5.41, 5.74) is 0.627. The fourth-order valence-electron chi connectivity index (χ4n) is 2.62. The summed E-state index contributed by atoms with van der Waals surface area (Å²) < 4.78 is 65.0. The number of anilines is 2. The van der Waals surface area contributed by atoms with Crippen molar-refractivity contribution in [2.24, 2.45) is 7.05 Å². The molecule has 2 heterocycles. The second kappa shape index (κ2) is 7.51. The van der Waals surface area contributed by atoms with Gasteiger partial charge in [0.15, 0.2) is 9.84 Å². The van der Waals surface area contributed by atoms with Gasteiger partial charge in [0.1, 0.15) is 5.82 Å². The van der Waals surface area contributed by atoms with Crippen LogP contribution < -0.4 is 5.32 Å². The zero-order valence-corrected chi connectivity index (χ0v) is 16.7. The summed E-state index contributed by atoms with van der Waals surface area (Å²) in [6, 6.07) is 6.65. The first kappa shape index (κ1) is 20.8. The smallest absolute Gasteiger partial charge is 0.340 e. The molecule has 1 N–H and O–H groups in total. The maximum absolute atomic E-state index is 12.7. The summed E-state index contributed by atoms with van der Waals surface area (Å²) in [5, 5.41) is 2.34. The monoisotopic (exact) mass is 424 g/mol. The molecule has 0 spiro atoms. The lowest BCUT2D eigenvalue weighted by Gasteiger charge is -2.14. The van der Waals surface area contributed by atoms with Gasteiger partial charge >= 0.3 is 6.18 Å². The molecule has 0 saturated heterocycles. The number of aromatic nitrogens is 3. The zero-order valence-electron chi connectivity index (χ0n) is 15.9. The van der Waals surface area contributed by atoms with Crippen LogP contribution in [0.1, 0.15) is 19.4 Å².